The lowest BCUT2D eigenvalue weighted by molar-refractivity contribution is 0.0129. The first kappa shape index (κ1) is 15.1. The summed E-state index contributed by atoms with van der Waals surface area (Å²) >= 11 is 0. The SMILES string of the molecule is CCOc1ccccc1OCCNC1CCOC(C)C1. The first-order valence-corrected chi connectivity index (χ1v) is 7.49. The van der Waals surface area contributed by atoms with Gasteiger partial charge in [0, 0.05) is 19.2 Å². The van der Waals surface area contributed by atoms with Gasteiger partial charge in [0.2, 0.25) is 0 Å². The van der Waals surface area contributed by atoms with E-state index in [2.05, 4.69) is 12.2 Å². The first-order chi connectivity index (χ1) is 9.79. The van der Waals surface area contributed by atoms with Gasteiger partial charge in [-0.15, -0.1) is 0 Å². The molecule has 0 amide bonds. The Labute approximate surface area is 121 Å². The van der Waals surface area contributed by atoms with Crippen molar-refractivity contribution in [2.24, 2.45) is 0 Å². The zero-order chi connectivity index (χ0) is 14.2. The lowest BCUT2D eigenvalue weighted by Gasteiger charge is -2.28. The van der Waals surface area contributed by atoms with Crippen LogP contribution in [0.4, 0.5) is 0 Å². The van der Waals surface area contributed by atoms with Crippen molar-refractivity contribution in [1.29, 1.82) is 0 Å². The predicted molar refractivity (Wildman–Crippen MR) is 79.5 cm³/mol. The van der Waals surface area contributed by atoms with Gasteiger partial charge in [-0.2, -0.15) is 0 Å². The molecule has 1 fully saturated rings. The summed E-state index contributed by atoms with van der Waals surface area (Å²) in [5, 5.41) is 3.53. The van der Waals surface area contributed by atoms with Crippen molar-refractivity contribution in [3.05, 3.63) is 24.3 Å². The highest BCUT2D eigenvalue weighted by Gasteiger charge is 2.18. The summed E-state index contributed by atoms with van der Waals surface area (Å²) in [7, 11) is 0. The summed E-state index contributed by atoms with van der Waals surface area (Å²) in [6.45, 7) is 7.10. The Hall–Kier alpha value is -1.26. The number of hydrogen-bond donors (Lipinski definition) is 1. The third-order valence-electron chi connectivity index (χ3n) is 3.43. The quantitative estimate of drug-likeness (QED) is 0.779. The van der Waals surface area contributed by atoms with Gasteiger partial charge < -0.3 is 19.5 Å². The van der Waals surface area contributed by atoms with Crippen LogP contribution in [0.2, 0.25) is 0 Å². The second kappa shape index (κ2) is 8.12. The average molecular weight is 279 g/mol. The van der Waals surface area contributed by atoms with E-state index >= 15 is 0 Å². The highest BCUT2D eigenvalue weighted by Crippen LogP contribution is 2.26. The molecule has 1 N–H and O–H groups in total. The predicted octanol–water partition coefficient (Wildman–Crippen LogP) is 2.62. The molecule has 1 aliphatic heterocycles. The van der Waals surface area contributed by atoms with Crippen LogP contribution in [0, 0.1) is 0 Å². The fourth-order valence-corrected chi connectivity index (χ4v) is 2.45. The summed E-state index contributed by atoms with van der Waals surface area (Å²) in [6.07, 6.45) is 2.52. The monoisotopic (exact) mass is 279 g/mol. The molecule has 1 aromatic rings. The molecule has 4 heteroatoms. The van der Waals surface area contributed by atoms with Gasteiger partial charge in [0.05, 0.1) is 12.7 Å². The molecule has 1 aliphatic rings. The van der Waals surface area contributed by atoms with Gasteiger partial charge in [-0.05, 0) is 38.8 Å². The van der Waals surface area contributed by atoms with Crippen LogP contribution in [0.5, 0.6) is 11.5 Å². The Morgan fingerprint density at radius 1 is 1.25 bits per heavy atom. The number of rotatable bonds is 7. The third kappa shape index (κ3) is 4.69. The van der Waals surface area contributed by atoms with Crippen LogP contribution in [0.3, 0.4) is 0 Å². The minimum atomic E-state index is 0.362. The van der Waals surface area contributed by atoms with Crippen LogP contribution in [0.1, 0.15) is 26.7 Å². The smallest absolute Gasteiger partial charge is 0.161 e. The van der Waals surface area contributed by atoms with E-state index in [4.69, 9.17) is 14.2 Å². The van der Waals surface area contributed by atoms with Crippen molar-refractivity contribution in [3.8, 4) is 11.5 Å². The van der Waals surface area contributed by atoms with E-state index in [9.17, 15) is 0 Å². The van der Waals surface area contributed by atoms with Gasteiger partial charge in [0.15, 0.2) is 11.5 Å². The van der Waals surface area contributed by atoms with Gasteiger partial charge in [0.1, 0.15) is 6.61 Å². The van der Waals surface area contributed by atoms with Crippen LogP contribution >= 0.6 is 0 Å². The number of ether oxygens (including phenoxy) is 3. The third-order valence-corrected chi connectivity index (χ3v) is 3.43. The Morgan fingerprint density at radius 3 is 2.70 bits per heavy atom. The fourth-order valence-electron chi connectivity index (χ4n) is 2.45. The summed E-state index contributed by atoms with van der Waals surface area (Å²) in [5.74, 6) is 1.63. The average Bonchev–Trinajstić information content (AvgIpc) is 2.46. The molecule has 2 atom stereocenters. The van der Waals surface area contributed by atoms with E-state index in [1.165, 1.54) is 0 Å². The molecule has 1 saturated heterocycles. The minimum Gasteiger partial charge on any atom is -0.490 e. The second-order valence-corrected chi connectivity index (χ2v) is 5.09. The summed E-state index contributed by atoms with van der Waals surface area (Å²) in [5.41, 5.74) is 0. The van der Waals surface area contributed by atoms with Gasteiger partial charge >= 0.3 is 0 Å². The van der Waals surface area contributed by atoms with Gasteiger partial charge in [0.25, 0.3) is 0 Å². The van der Waals surface area contributed by atoms with Crippen molar-refractivity contribution in [3.63, 3.8) is 0 Å². The van der Waals surface area contributed by atoms with Crippen LogP contribution in [-0.2, 0) is 4.74 Å². The molecule has 112 valence electrons. The van der Waals surface area contributed by atoms with Crippen LogP contribution < -0.4 is 14.8 Å². The molecule has 4 nitrogen and oxygen atoms in total. The van der Waals surface area contributed by atoms with Crippen LogP contribution in [0.25, 0.3) is 0 Å². The molecule has 0 saturated carbocycles. The normalized spacial score (nSPS) is 22.5. The van der Waals surface area contributed by atoms with Crippen LogP contribution in [0.15, 0.2) is 24.3 Å². The van der Waals surface area contributed by atoms with E-state index in [0.717, 1.165) is 37.5 Å². The molecule has 0 aliphatic carbocycles. The van der Waals surface area contributed by atoms with Gasteiger partial charge in [-0.1, -0.05) is 12.1 Å². The van der Waals surface area contributed by atoms with Crippen molar-refractivity contribution in [2.45, 2.75) is 38.8 Å². The Bertz CT molecular complexity index is 397. The Kier molecular flexibility index (Phi) is 6.15. The maximum atomic E-state index is 5.79. The van der Waals surface area contributed by atoms with E-state index in [-0.39, 0.29) is 0 Å². The maximum absolute atomic E-state index is 5.79. The second-order valence-electron chi connectivity index (χ2n) is 5.09. The molecule has 0 aromatic heterocycles. The molecular weight excluding hydrogens is 254 g/mol. The zero-order valence-electron chi connectivity index (χ0n) is 12.4. The zero-order valence-corrected chi connectivity index (χ0v) is 12.4. The van der Waals surface area contributed by atoms with E-state index in [1.807, 2.05) is 31.2 Å². The molecule has 20 heavy (non-hydrogen) atoms. The van der Waals surface area contributed by atoms with Gasteiger partial charge in [-0.25, -0.2) is 0 Å². The fraction of sp³-hybridized carbons (Fsp3) is 0.625. The summed E-state index contributed by atoms with van der Waals surface area (Å²) in [6, 6.07) is 8.35. The summed E-state index contributed by atoms with van der Waals surface area (Å²) in [4.78, 5) is 0. The number of para-hydroxylation sites is 2. The molecule has 1 heterocycles. The molecule has 1 aromatic carbocycles. The molecule has 0 radical (unpaired) electrons. The highest BCUT2D eigenvalue weighted by molar-refractivity contribution is 5.39. The molecule has 0 bridgehead atoms. The number of hydrogen-bond acceptors (Lipinski definition) is 4. The number of benzene rings is 1. The van der Waals surface area contributed by atoms with E-state index < -0.39 is 0 Å². The van der Waals surface area contributed by atoms with Crippen molar-refractivity contribution in [1.82, 2.24) is 5.32 Å². The van der Waals surface area contributed by atoms with Crippen molar-refractivity contribution < 1.29 is 14.2 Å². The molecule has 2 unspecified atom stereocenters. The standard InChI is InChI=1S/C16H25NO3/c1-3-18-15-6-4-5-7-16(15)20-11-9-17-14-8-10-19-13(2)12-14/h4-7,13-14,17H,3,8-12H2,1-2H3. The minimum absolute atomic E-state index is 0.362. The molecule has 0 spiro atoms. The largest absolute Gasteiger partial charge is 0.490 e. The topological polar surface area (TPSA) is 39.7 Å². The van der Waals surface area contributed by atoms with Crippen molar-refractivity contribution >= 4 is 0 Å². The lowest BCUT2D eigenvalue weighted by atomic mass is 10.0. The highest BCUT2D eigenvalue weighted by atomic mass is 16.5. The first-order valence-electron chi connectivity index (χ1n) is 7.49. The lowest BCUT2D eigenvalue weighted by Crippen LogP contribution is -2.39. The summed E-state index contributed by atoms with van der Waals surface area (Å²) < 4.78 is 16.9. The Morgan fingerprint density at radius 2 is 2.00 bits per heavy atom. The van der Waals surface area contributed by atoms with Crippen LogP contribution in [-0.4, -0.2) is 38.5 Å². The maximum Gasteiger partial charge on any atom is 0.161 e. The van der Waals surface area contributed by atoms with E-state index in [0.29, 0.717) is 25.4 Å². The van der Waals surface area contributed by atoms with E-state index in [1.54, 1.807) is 0 Å². The number of nitrogens with one attached hydrogen (secondary N) is 1. The van der Waals surface area contributed by atoms with Gasteiger partial charge in [-0.3, -0.25) is 0 Å². The molecule has 2 rings (SSSR count). The Balaban J connectivity index is 1.70. The van der Waals surface area contributed by atoms with Crippen molar-refractivity contribution in [2.75, 3.05) is 26.4 Å². The molecular formula is C16H25NO3.